The number of benzene rings is 2. The Morgan fingerprint density at radius 2 is 1.93 bits per heavy atom. The van der Waals surface area contributed by atoms with Crippen LogP contribution in [-0.2, 0) is 0 Å². The summed E-state index contributed by atoms with van der Waals surface area (Å²) >= 11 is 0. The molecule has 0 spiro atoms. The summed E-state index contributed by atoms with van der Waals surface area (Å²) < 4.78 is 6.55. The molecule has 0 atom stereocenters. The molecule has 1 amide bonds. The maximum Gasteiger partial charge on any atom is 0.292 e. The summed E-state index contributed by atoms with van der Waals surface area (Å²) in [4.78, 5) is 25.3. The number of ether oxygens (including phenoxy) is 1. The minimum absolute atomic E-state index is 0.0646. The number of hydrogen-bond acceptors (Lipinski definition) is 6. The minimum atomic E-state index is -0.640. The fraction of sp³-hybridized carbons (Fsp3) is 0.136. The lowest BCUT2D eigenvalue weighted by molar-refractivity contribution is 0.0947. The Morgan fingerprint density at radius 1 is 1.23 bits per heavy atom. The van der Waals surface area contributed by atoms with E-state index in [1.165, 1.54) is 13.1 Å². The fourth-order valence-corrected chi connectivity index (χ4v) is 2.78. The molecule has 0 bridgehead atoms. The van der Waals surface area contributed by atoms with Crippen molar-refractivity contribution in [3.63, 3.8) is 0 Å². The Morgan fingerprint density at radius 3 is 2.63 bits per heavy atom. The van der Waals surface area contributed by atoms with Crippen molar-refractivity contribution in [2.24, 2.45) is 5.10 Å². The topological polar surface area (TPSA) is 109 Å². The molecule has 2 aromatic carbocycles. The SMILES string of the molecule is CCOc1ccccc1/C=N/NC(=O)c1nn(-c2ccccc2)c(=O)c(C#N)c1C. The molecule has 8 heteroatoms. The van der Waals surface area contributed by atoms with Gasteiger partial charge in [-0.2, -0.15) is 20.1 Å². The van der Waals surface area contributed by atoms with E-state index in [0.717, 1.165) is 4.68 Å². The average Bonchev–Trinajstić information content (AvgIpc) is 2.76. The van der Waals surface area contributed by atoms with Gasteiger partial charge in [0.2, 0.25) is 0 Å². The average molecular weight is 401 g/mol. The number of hydrazone groups is 1. The third-order valence-corrected chi connectivity index (χ3v) is 4.25. The van der Waals surface area contributed by atoms with Gasteiger partial charge in [0.15, 0.2) is 5.69 Å². The van der Waals surface area contributed by atoms with Gasteiger partial charge in [-0.25, -0.2) is 5.43 Å². The Kier molecular flexibility index (Phi) is 6.35. The molecule has 3 rings (SSSR count). The van der Waals surface area contributed by atoms with Crippen LogP contribution in [0.1, 0.15) is 34.1 Å². The molecule has 150 valence electrons. The number of amides is 1. The summed E-state index contributed by atoms with van der Waals surface area (Å²) in [6.45, 7) is 3.88. The summed E-state index contributed by atoms with van der Waals surface area (Å²) in [5.74, 6) is -0.00415. The van der Waals surface area contributed by atoms with Gasteiger partial charge < -0.3 is 4.74 Å². The van der Waals surface area contributed by atoms with Gasteiger partial charge in [0, 0.05) is 11.1 Å². The zero-order valence-electron chi connectivity index (χ0n) is 16.5. The van der Waals surface area contributed by atoms with Gasteiger partial charge in [-0.15, -0.1) is 0 Å². The molecule has 30 heavy (non-hydrogen) atoms. The number of carbonyl (C=O) groups excluding carboxylic acids is 1. The van der Waals surface area contributed by atoms with E-state index >= 15 is 0 Å². The maximum atomic E-state index is 12.7. The lowest BCUT2D eigenvalue weighted by Crippen LogP contribution is -2.31. The van der Waals surface area contributed by atoms with E-state index in [-0.39, 0.29) is 16.8 Å². The normalized spacial score (nSPS) is 10.6. The number of nitriles is 1. The first-order valence-electron chi connectivity index (χ1n) is 9.21. The molecule has 0 aliphatic carbocycles. The third-order valence-electron chi connectivity index (χ3n) is 4.25. The molecule has 0 radical (unpaired) electrons. The number of carbonyl (C=O) groups is 1. The van der Waals surface area contributed by atoms with Gasteiger partial charge in [-0.3, -0.25) is 9.59 Å². The molecule has 3 aromatic rings. The number of para-hydroxylation sites is 2. The highest BCUT2D eigenvalue weighted by molar-refractivity contribution is 5.95. The van der Waals surface area contributed by atoms with E-state index in [0.29, 0.717) is 23.6 Å². The van der Waals surface area contributed by atoms with Gasteiger partial charge in [0.1, 0.15) is 17.4 Å². The van der Waals surface area contributed by atoms with Crippen molar-refractivity contribution >= 4 is 12.1 Å². The van der Waals surface area contributed by atoms with E-state index in [4.69, 9.17) is 4.74 Å². The van der Waals surface area contributed by atoms with Crippen LogP contribution in [0.25, 0.3) is 5.69 Å². The van der Waals surface area contributed by atoms with Gasteiger partial charge in [-0.05, 0) is 38.1 Å². The van der Waals surface area contributed by atoms with Crippen molar-refractivity contribution in [3.8, 4) is 17.5 Å². The van der Waals surface area contributed by atoms with E-state index < -0.39 is 11.5 Å². The van der Waals surface area contributed by atoms with Crippen molar-refractivity contribution in [2.45, 2.75) is 13.8 Å². The Bertz CT molecular complexity index is 1190. The summed E-state index contributed by atoms with van der Waals surface area (Å²) in [7, 11) is 0. The number of nitrogens with zero attached hydrogens (tertiary/aromatic N) is 4. The Labute approximate surface area is 173 Å². The second-order valence-electron chi connectivity index (χ2n) is 6.18. The highest BCUT2D eigenvalue weighted by atomic mass is 16.5. The molecule has 0 aliphatic rings. The standard InChI is InChI=1S/C22H19N5O3/c1-3-30-19-12-8-7-9-16(19)14-24-25-21(28)20-15(2)18(13-23)22(29)27(26-20)17-10-5-4-6-11-17/h4-12,14H,3H2,1-2H3,(H,25,28)/b24-14+. The van der Waals surface area contributed by atoms with Crippen LogP contribution in [0.4, 0.5) is 0 Å². The molecular weight excluding hydrogens is 382 g/mol. The van der Waals surface area contributed by atoms with Crippen molar-refractivity contribution in [1.29, 1.82) is 5.26 Å². The number of rotatable bonds is 6. The van der Waals surface area contributed by atoms with Crippen LogP contribution in [-0.4, -0.2) is 28.5 Å². The Balaban J connectivity index is 1.93. The second kappa shape index (κ2) is 9.30. The summed E-state index contributed by atoms with van der Waals surface area (Å²) in [5.41, 5.74) is 2.92. The van der Waals surface area contributed by atoms with Gasteiger partial charge in [0.05, 0.1) is 18.5 Å². The Hall–Kier alpha value is -4.25. The first-order valence-corrected chi connectivity index (χ1v) is 9.21. The summed E-state index contributed by atoms with van der Waals surface area (Å²) in [5, 5.41) is 17.5. The molecular formula is C22H19N5O3. The van der Waals surface area contributed by atoms with Crippen LogP contribution < -0.4 is 15.7 Å². The third kappa shape index (κ3) is 4.25. The molecule has 0 saturated carbocycles. The van der Waals surface area contributed by atoms with Crippen LogP contribution in [0, 0.1) is 18.3 Å². The minimum Gasteiger partial charge on any atom is -0.493 e. The number of aromatic nitrogens is 2. The van der Waals surface area contributed by atoms with Gasteiger partial charge >= 0.3 is 0 Å². The van der Waals surface area contributed by atoms with E-state index in [1.54, 1.807) is 42.5 Å². The van der Waals surface area contributed by atoms with Crippen LogP contribution in [0.3, 0.4) is 0 Å². The number of nitrogens with one attached hydrogen (secondary N) is 1. The maximum absolute atomic E-state index is 12.7. The second-order valence-corrected chi connectivity index (χ2v) is 6.18. The lowest BCUT2D eigenvalue weighted by Gasteiger charge is -2.10. The van der Waals surface area contributed by atoms with Gasteiger partial charge in [-0.1, -0.05) is 30.3 Å². The molecule has 1 N–H and O–H groups in total. The molecule has 0 saturated heterocycles. The molecule has 1 heterocycles. The largest absolute Gasteiger partial charge is 0.493 e. The first-order chi connectivity index (χ1) is 14.6. The van der Waals surface area contributed by atoms with Crippen LogP contribution >= 0.6 is 0 Å². The lowest BCUT2D eigenvalue weighted by atomic mass is 10.1. The smallest absolute Gasteiger partial charge is 0.292 e. The molecule has 1 aromatic heterocycles. The predicted molar refractivity (Wildman–Crippen MR) is 112 cm³/mol. The quantitative estimate of drug-likeness (QED) is 0.504. The monoisotopic (exact) mass is 401 g/mol. The zero-order chi connectivity index (χ0) is 21.5. The molecule has 0 fully saturated rings. The summed E-state index contributed by atoms with van der Waals surface area (Å²) in [6.07, 6.45) is 1.46. The summed E-state index contributed by atoms with van der Waals surface area (Å²) in [6, 6.07) is 17.7. The van der Waals surface area contributed by atoms with Crippen LogP contribution in [0.5, 0.6) is 5.75 Å². The van der Waals surface area contributed by atoms with Crippen molar-refractivity contribution < 1.29 is 9.53 Å². The van der Waals surface area contributed by atoms with Crippen LogP contribution in [0.2, 0.25) is 0 Å². The van der Waals surface area contributed by atoms with Gasteiger partial charge in [0.25, 0.3) is 11.5 Å². The first kappa shape index (κ1) is 20.5. The van der Waals surface area contributed by atoms with Crippen molar-refractivity contribution in [1.82, 2.24) is 15.2 Å². The van der Waals surface area contributed by atoms with E-state index in [1.807, 2.05) is 25.1 Å². The zero-order valence-corrected chi connectivity index (χ0v) is 16.5. The van der Waals surface area contributed by atoms with E-state index in [2.05, 4.69) is 15.6 Å². The number of hydrogen-bond donors (Lipinski definition) is 1. The highest BCUT2D eigenvalue weighted by Crippen LogP contribution is 2.15. The molecule has 0 aliphatic heterocycles. The highest BCUT2D eigenvalue weighted by Gasteiger charge is 2.20. The van der Waals surface area contributed by atoms with Crippen molar-refractivity contribution in [2.75, 3.05) is 6.61 Å². The van der Waals surface area contributed by atoms with Crippen molar-refractivity contribution in [3.05, 3.63) is 87.3 Å². The van der Waals surface area contributed by atoms with Crippen LogP contribution in [0.15, 0.2) is 64.5 Å². The van der Waals surface area contributed by atoms with E-state index in [9.17, 15) is 14.9 Å². The predicted octanol–water partition coefficient (Wildman–Crippen LogP) is 2.58. The molecule has 0 unspecified atom stereocenters. The molecule has 8 nitrogen and oxygen atoms in total. The fourth-order valence-electron chi connectivity index (χ4n) is 2.78.